The Bertz CT molecular complexity index is 595. The van der Waals surface area contributed by atoms with Gasteiger partial charge in [-0.3, -0.25) is 0 Å². The van der Waals surface area contributed by atoms with Crippen molar-refractivity contribution in [2.45, 2.75) is 12.8 Å². The highest BCUT2D eigenvalue weighted by atomic mass is 16.4. The van der Waals surface area contributed by atoms with Gasteiger partial charge < -0.3 is 20.7 Å². The van der Waals surface area contributed by atoms with Gasteiger partial charge in [0.15, 0.2) is 0 Å². The van der Waals surface area contributed by atoms with E-state index in [0.29, 0.717) is 12.2 Å². The van der Waals surface area contributed by atoms with Gasteiger partial charge in [-0.1, -0.05) is 0 Å². The number of carboxylic acid groups (broad SMARTS) is 1. The molecular weight excluding hydrogens is 274 g/mol. The fourth-order valence-electron chi connectivity index (χ4n) is 1.66. The van der Waals surface area contributed by atoms with Crippen molar-refractivity contribution in [3.05, 3.63) is 42.2 Å². The van der Waals surface area contributed by atoms with Gasteiger partial charge in [-0.2, -0.15) is 0 Å². The van der Waals surface area contributed by atoms with Gasteiger partial charge >= 0.3 is 12.0 Å². The van der Waals surface area contributed by atoms with Crippen LogP contribution in [-0.4, -0.2) is 38.6 Å². The summed E-state index contributed by atoms with van der Waals surface area (Å²) in [5, 5.41) is 14.0. The second-order valence-electron chi connectivity index (χ2n) is 4.26. The van der Waals surface area contributed by atoms with Crippen LogP contribution in [-0.2, 0) is 6.42 Å². The smallest absolute Gasteiger partial charge is 0.354 e. The number of amides is 2. The number of pyridine rings is 1. The second kappa shape index (κ2) is 7.04. The number of carbonyl (C=O) groups is 2. The minimum Gasteiger partial charge on any atom is -0.477 e. The maximum atomic E-state index is 11.6. The van der Waals surface area contributed by atoms with Crippen molar-refractivity contribution in [2.75, 3.05) is 11.9 Å². The van der Waals surface area contributed by atoms with E-state index < -0.39 is 5.97 Å². The molecule has 2 aromatic rings. The summed E-state index contributed by atoms with van der Waals surface area (Å²) in [6.45, 7) is 0.507. The summed E-state index contributed by atoms with van der Waals surface area (Å²) in [4.78, 5) is 33.0. The van der Waals surface area contributed by atoms with Crippen LogP contribution in [0.4, 0.5) is 10.5 Å². The molecule has 0 spiro atoms. The van der Waals surface area contributed by atoms with Crippen molar-refractivity contribution in [2.24, 2.45) is 0 Å². The van der Waals surface area contributed by atoms with E-state index in [2.05, 4.69) is 25.6 Å². The van der Waals surface area contributed by atoms with Crippen molar-refractivity contribution in [3.8, 4) is 0 Å². The molecule has 8 heteroatoms. The van der Waals surface area contributed by atoms with Crippen LogP contribution in [0.3, 0.4) is 0 Å². The zero-order chi connectivity index (χ0) is 15.1. The SMILES string of the molecule is O=C(NCCCc1ncc[nH]1)Nc1ccc(C(=O)O)nc1. The zero-order valence-corrected chi connectivity index (χ0v) is 11.2. The van der Waals surface area contributed by atoms with E-state index in [1.165, 1.54) is 18.3 Å². The molecule has 4 N–H and O–H groups in total. The van der Waals surface area contributed by atoms with E-state index in [1.807, 2.05) is 0 Å². The van der Waals surface area contributed by atoms with Gasteiger partial charge in [-0.25, -0.2) is 19.6 Å². The first-order valence-corrected chi connectivity index (χ1v) is 6.37. The average Bonchev–Trinajstić information content (AvgIpc) is 2.97. The normalized spacial score (nSPS) is 10.1. The number of H-pyrrole nitrogens is 1. The number of anilines is 1. The third-order valence-electron chi connectivity index (χ3n) is 2.67. The van der Waals surface area contributed by atoms with Crippen molar-refractivity contribution in [1.29, 1.82) is 0 Å². The van der Waals surface area contributed by atoms with Gasteiger partial charge in [0.05, 0.1) is 11.9 Å². The number of imidazole rings is 1. The number of rotatable bonds is 6. The molecule has 0 bridgehead atoms. The minimum absolute atomic E-state index is 0.0700. The van der Waals surface area contributed by atoms with Gasteiger partial charge in [0.1, 0.15) is 11.5 Å². The molecule has 0 saturated heterocycles. The van der Waals surface area contributed by atoms with Crippen LogP contribution in [0.25, 0.3) is 0 Å². The number of aromatic carboxylic acids is 1. The molecule has 0 aliphatic carbocycles. The molecular formula is C13H15N5O3. The number of hydrogen-bond donors (Lipinski definition) is 4. The summed E-state index contributed by atoms with van der Waals surface area (Å²) >= 11 is 0. The maximum absolute atomic E-state index is 11.6. The predicted octanol–water partition coefficient (Wildman–Crippen LogP) is 1.26. The molecule has 2 amide bonds. The summed E-state index contributed by atoms with van der Waals surface area (Å²) < 4.78 is 0. The van der Waals surface area contributed by atoms with Crippen LogP contribution in [0.1, 0.15) is 22.7 Å². The molecule has 8 nitrogen and oxygen atoms in total. The monoisotopic (exact) mass is 289 g/mol. The lowest BCUT2D eigenvalue weighted by Gasteiger charge is -2.07. The third-order valence-corrected chi connectivity index (χ3v) is 2.67. The minimum atomic E-state index is -1.11. The number of urea groups is 1. The molecule has 2 aromatic heterocycles. The fraction of sp³-hybridized carbons (Fsp3) is 0.231. The van der Waals surface area contributed by atoms with Crippen LogP contribution < -0.4 is 10.6 Å². The molecule has 21 heavy (non-hydrogen) atoms. The Hall–Kier alpha value is -2.90. The Labute approximate surface area is 120 Å². The van der Waals surface area contributed by atoms with Gasteiger partial charge in [0.2, 0.25) is 0 Å². The summed E-state index contributed by atoms with van der Waals surface area (Å²) in [5.41, 5.74) is 0.364. The summed E-state index contributed by atoms with van der Waals surface area (Å²) in [7, 11) is 0. The van der Waals surface area contributed by atoms with Gasteiger partial charge in [0, 0.05) is 25.4 Å². The Balaban J connectivity index is 1.70. The molecule has 0 aliphatic heterocycles. The Kier molecular flexibility index (Phi) is 4.86. The third kappa shape index (κ3) is 4.60. The van der Waals surface area contributed by atoms with Crippen LogP contribution in [0, 0.1) is 0 Å². The quantitative estimate of drug-likeness (QED) is 0.597. The second-order valence-corrected chi connectivity index (χ2v) is 4.26. The Morgan fingerprint density at radius 3 is 2.76 bits per heavy atom. The number of nitrogens with one attached hydrogen (secondary N) is 3. The molecule has 0 unspecified atom stereocenters. The first-order chi connectivity index (χ1) is 10.1. The molecule has 2 heterocycles. The van der Waals surface area contributed by atoms with Crippen LogP contribution >= 0.6 is 0 Å². The van der Waals surface area contributed by atoms with E-state index in [1.54, 1.807) is 12.4 Å². The lowest BCUT2D eigenvalue weighted by molar-refractivity contribution is 0.0690. The molecule has 0 aliphatic rings. The first kappa shape index (κ1) is 14.5. The number of carboxylic acids is 1. The van der Waals surface area contributed by atoms with Crippen LogP contribution in [0.2, 0.25) is 0 Å². The van der Waals surface area contributed by atoms with E-state index >= 15 is 0 Å². The number of hydrogen-bond acceptors (Lipinski definition) is 4. The van der Waals surface area contributed by atoms with Crippen molar-refractivity contribution in [1.82, 2.24) is 20.3 Å². The van der Waals surface area contributed by atoms with Crippen molar-refractivity contribution < 1.29 is 14.7 Å². The summed E-state index contributed by atoms with van der Waals surface area (Å²) in [5.74, 6) is -0.227. The predicted molar refractivity (Wildman–Crippen MR) is 75.1 cm³/mol. The topological polar surface area (TPSA) is 120 Å². The highest BCUT2D eigenvalue weighted by Crippen LogP contribution is 2.05. The Morgan fingerprint density at radius 2 is 2.14 bits per heavy atom. The number of nitrogens with zero attached hydrogens (tertiary/aromatic N) is 2. The zero-order valence-electron chi connectivity index (χ0n) is 11.2. The number of aryl methyl sites for hydroxylation is 1. The molecule has 0 fully saturated rings. The summed E-state index contributed by atoms with van der Waals surface area (Å²) in [6, 6.07) is 2.45. The first-order valence-electron chi connectivity index (χ1n) is 6.37. The number of aromatic amines is 1. The largest absolute Gasteiger partial charge is 0.477 e. The van der Waals surface area contributed by atoms with Gasteiger partial charge in [0.25, 0.3) is 0 Å². The van der Waals surface area contributed by atoms with Crippen LogP contribution in [0.15, 0.2) is 30.7 Å². The van der Waals surface area contributed by atoms with Crippen molar-refractivity contribution >= 4 is 17.7 Å². The molecule has 110 valence electrons. The van der Waals surface area contributed by atoms with Gasteiger partial charge in [-0.15, -0.1) is 0 Å². The highest BCUT2D eigenvalue weighted by Gasteiger charge is 2.05. The van der Waals surface area contributed by atoms with E-state index in [9.17, 15) is 9.59 Å². The van der Waals surface area contributed by atoms with E-state index in [-0.39, 0.29) is 11.7 Å². The van der Waals surface area contributed by atoms with E-state index in [0.717, 1.165) is 18.7 Å². The molecule has 0 aromatic carbocycles. The maximum Gasteiger partial charge on any atom is 0.354 e. The molecule has 2 rings (SSSR count). The fourth-order valence-corrected chi connectivity index (χ4v) is 1.66. The lowest BCUT2D eigenvalue weighted by Crippen LogP contribution is -2.29. The van der Waals surface area contributed by atoms with E-state index in [4.69, 9.17) is 5.11 Å². The van der Waals surface area contributed by atoms with Gasteiger partial charge in [-0.05, 0) is 18.6 Å². The Morgan fingerprint density at radius 1 is 1.29 bits per heavy atom. The highest BCUT2D eigenvalue weighted by molar-refractivity contribution is 5.90. The number of aromatic nitrogens is 3. The molecule has 0 saturated carbocycles. The van der Waals surface area contributed by atoms with Crippen LogP contribution in [0.5, 0.6) is 0 Å². The average molecular weight is 289 g/mol. The summed E-state index contributed by atoms with van der Waals surface area (Å²) in [6.07, 6.45) is 6.25. The number of carbonyl (C=O) groups excluding carboxylic acids is 1. The molecule has 0 atom stereocenters. The molecule has 0 radical (unpaired) electrons. The lowest BCUT2D eigenvalue weighted by atomic mass is 10.3. The van der Waals surface area contributed by atoms with Crippen molar-refractivity contribution in [3.63, 3.8) is 0 Å². The standard InChI is InChI=1S/C13H15N5O3/c19-12(20)10-4-3-9(8-17-10)18-13(21)16-5-1-2-11-14-6-7-15-11/h3-4,6-8H,1-2,5H2,(H,14,15)(H,19,20)(H2,16,18,21).